The SMILES string of the molecule is CCCCC(C)NC(C)c1csc(C)n1. The maximum Gasteiger partial charge on any atom is 0.0898 e. The number of nitrogens with one attached hydrogen (secondary N) is 1. The van der Waals surface area contributed by atoms with Crippen LogP contribution in [0.5, 0.6) is 0 Å². The summed E-state index contributed by atoms with van der Waals surface area (Å²) in [6.45, 7) is 8.74. The van der Waals surface area contributed by atoms with E-state index in [1.807, 2.05) is 0 Å². The molecular formula is C12H22N2S. The van der Waals surface area contributed by atoms with E-state index < -0.39 is 0 Å². The Morgan fingerprint density at radius 1 is 1.47 bits per heavy atom. The van der Waals surface area contributed by atoms with Crippen LogP contribution in [0.25, 0.3) is 0 Å². The van der Waals surface area contributed by atoms with Gasteiger partial charge in [0, 0.05) is 17.5 Å². The largest absolute Gasteiger partial charge is 0.306 e. The highest BCUT2D eigenvalue weighted by molar-refractivity contribution is 7.09. The van der Waals surface area contributed by atoms with Crippen LogP contribution in [-0.2, 0) is 0 Å². The third-order valence-corrected chi connectivity index (χ3v) is 3.40. The second-order valence-corrected chi connectivity index (χ2v) is 5.29. The van der Waals surface area contributed by atoms with Gasteiger partial charge in [-0.25, -0.2) is 4.98 Å². The van der Waals surface area contributed by atoms with Gasteiger partial charge in [-0.2, -0.15) is 0 Å². The highest BCUT2D eigenvalue weighted by Crippen LogP contribution is 2.16. The highest BCUT2D eigenvalue weighted by Gasteiger charge is 2.11. The summed E-state index contributed by atoms with van der Waals surface area (Å²) < 4.78 is 0. The van der Waals surface area contributed by atoms with Crippen molar-refractivity contribution in [2.45, 2.75) is 59.0 Å². The van der Waals surface area contributed by atoms with Crippen LogP contribution in [0.3, 0.4) is 0 Å². The van der Waals surface area contributed by atoms with E-state index in [1.165, 1.54) is 25.0 Å². The van der Waals surface area contributed by atoms with Crippen LogP contribution in [-0.4, -0.2) is 11.0 Å². The molecule has 2 nitrogen and oxygen atoms in total. The van der Waals surface area contributed by atoms with Crippen molar-refractivity contribution < 1.29 is 0 Å². The maximum absolute atomic E-state index is 4.50. The van der Waals surface area contributed by atoms with Crippen molar-refractivity contribution in [1.82, 2.24) is 10.3 Å². The van der Waals surface area contributed by atoms with Crippen molar-refractivity contribution in [2.24, 2.45) is 0 Å². The number of hydrogen-bond donors (Lipinski definition) is 1. The first-order chi connectivity index (χ1) is 7.13. The summed E-state index contributed by atoms with van der Waals surface area (Å²) in [6, 6.07) is 0.962. The molecule has 2 unspecified atom stereocenters. The number of thiazole rings is 1. The molecule has 0 radical (unpaired) electrons. The predicted molar refractivity (Wildman–Crippen MR) is 67.4 cm³/mol. The van der Waals surface area contributed by atoms with Crippen molar-refractivity contribution in [1.29, 1.82) is 0 Å². The molecule has 1 N–H and O–H groups in total. The molecule has 0 aliphatic carbocycles. The summed E-state index contributed by atoms with van der Waals surface area (Å²) >= 11 is 1.73. The second kappa shape index (κ2) is 6.23. The van der Waals surface area contributed by atoms with Crippen LogP contribution in [0.1, 0.15) is 56.8 Å². The average Bonchev–Trinajstić information content (AvgIpc) is 2.61. The zero-order valence-electron chi connectivity index (χ0n) is 10.2. The van der Waals surface area contributed by atoms with Crippen molar-refractivity contribution >= 4 is 11.3 Å². The molecule has 0 saturated carbocycles. The van der Waals surface area contributed by atoms with Crippen LogP contribution in [0.2, 0.25) is 0 Å². The molecule has 86 valence electrons. The van der Waals surface area contributed by atoms with Gasteiger partial charge in [0.15, 0.2) is 0 Å². The number of aryl methyl sites for hydroxylation is 1. The van der Waals surface area contributed by atoms with E-state index >= 15 is 0 Å². The molecule has 3 heteroatoms. The van der Waals surface area contributed by atoms with Gasteiger partial charge in [0.25, 0.3) is 0 Å². The van der Waals surface area contributed by atoms with Gasteiger partial charge in [-0.1, -0.05) is 19.8 Å². The summed E-state index contributed by atoms with van der Waals surface area (Å²) in [5.41, 5.74) is 1.18. The molecule has 0 fully saturated rings. The van der Waals surface area contributed by atoms with Gasteiger partial charge in [0.2, 0.25) is 0 Å². The van der Waals surface area contributed by atoms with Gasteiger partial charge in [-0.15, -0.1) is 11.3 Å². The molecule has 1 aromatic heterocycles. The zero-order valence-corrected chi connectivity index (χ0v) is 11.0. The van der Waals surface area contributed by atoms with Gasteiger partial charge in [0.1, 0.15) is 0 Å². The van der Waals surface area contributed by atoms with Crippen LogP contribution >= 0.6 is 11.3 Å². The molecule has 0 saturated heterocycles. The fourth-order valence-electron chi connectivity index (χ4n) is 1.68. The van der Waals surface area contributed by atoms with Crippen LogP contribution in [0, 0.1) is 6.92 Å². The predicted octanol–water partition coefficient (Wildman–Crippen LogP) is 3.68. The molecule has 1 aromatic rings. The Morgan fingerprint density at radius 3 is 2.73 bits per heavy atom. The Kier molecular flexibility index (Phi) is 5.26. The van der Waals surface area contributed by atoms with Crippen molar-refractivity contribution in [3.05, 3.63) is 16.1 Å². The lowest BCUT2D eigenvalue weighted by atomic mass is 10.1. The van der Waals surface area contributed by atoms with E-state index in [-0.39, 0.29) is 0 Å². The summed E-state index contributed by atoms with van der Waals surface area (Å²) in [5.74, 6) is 0. The first-order valence-corrected chi connectivity index (χ1v) is 6.69. The minimum Gasteiger partial charge on any atom is -0.306 e. The number of rotatable bonds is 6. The normalized spacial score (nSPS) is 15.2. The van der Waals surface area contributed by atoms with E-state index in [9.17, 15) is 0 Å². The molecule has 0 bridgehead atoms. The molecular weight excluding hydrogens is 204 g/mol. The Bertz CT molecular complexity index is 283. The fraction of sp³-hybridized carbons (Fsp3) is 0.750. The molecule has 0 spiro atoms. The van der Waals surface area contributed by atoms with Crippen LogP contribution < -0.4 is 5.32 Å². The van der Waals surface area contributed by atoms with E-state index in [0.29, 0.717) is 12.1 Å². The lowest BCUT2D eigenvalue weighted by Crippen LogP contribution is -2.29. The van der Waals surface area contributed by atoms with Gasteiger partial charge >= 0.3 is 0 Å². The maximum atomic E-state index is 4.50. The van der Waals surface area contributed by atoms with Crippen molar-refractivity contribution in [3.8, 4) is 0 Å². The molecule has 0 aliphatic heterocycles. The standard InChI is InChI=1S/C12H22N2S/c1-5-6-7-9(2)13-10(3)12-8-15-11(4)14-12/h8-10,13H,5-7H2,1-4H3. The number of aromatic nitrogens is 1. The highest BCUT2D eigenvalue weighted by atomic mass is 32.1. The van der Waals surface area contributed by atoms with E-state index in [0.717, 1.165) is 5.01 Å². The second-order valence-electron chi connectivity index (χ2n) is 4.22. The monoisotopic (exact) mass is 226 g/mol. The third kappa shape index (κ3) is 4.31. The van der Waals surface area contributed by atoms with Gasteiger partial charge in [-0.3, -0.25) is 0 Å². The number of nitrogens with zero attached hydrogens (tertiary/aromatic N) is 1. The summed E-state index contributed by atoms with van der Waals surface area (Å²) in [6.07, 6.45) is 3.83. The molecule has 0 aromatic carbocycles. The summed E-state index contributed by atoms with van der Waals surface area (Å²) in [5, 5.41) is 6.89. The minimum atomic E-state index is 0.377. The van der Waals surface area contributed by atoms with E-state index in [2.05, 4.69) is 43.4 Å². The Morgan fingerprint density at radius 2 is 2.20 bits per heavy atom. The zero-order chi connectivity index (χ0) is 11.3. The minimum absolute atomic E-state index is 0.377. The van der Waals surface area contributed by atoms with Crippen LogP contribution in [0.15, 0.2) is 5.38 Å². The third-order valence-electron chi connectivity index (χ3n) is 2.61. The lowest BCUT2D eigenvalue weighted by Gasteiger charge is -2.18. The van der Waals surface area contributed by atoms with Gasteiger partial charge in [0.05, 0.1) is 10.7 Å². The number of unbranched alkanes of at least 4 members (excludes halogenated alkanes) is 1. The van der Waals surface area contributed by atoms with Crippen molar-refractivity contribution in [3.63, 3.8) is 0 Å². The van der Waals surface area contributed by atoms with Crippen molar-refractivity contribution in [2.75, 3.05) is 0 Å². The molecule has 2 atom stereocenters. The average molecular weight is 226 g/mol. The summed E-state index contributed by atoms with van der Waals surface area (Å²) in [7, 11) is 0. The smallest absolute Gasteiger partial charge is 0.0898 e. The van der Waals surface area contributed by atoms with E-state index in [4.69, 9.17) is 0 Å². The summed E-state index contributed by atoms with van der Waals surface area (Å²) in [4.78, 5) is 4.50. The molecule has 0 amide bonds. The van der Waals surface area contributed by atoms with Gasteiger partial charge in [-0.05, 0) is 27.2 Å². The molecule has 1 heterocycles. The van der Waals surface area contributed by atoms with Gasteiger partial charge < -0.3 is 5.32 Å². The molecule has 1 rings (SSSR count). The van der Waals surface area contributed by atoms with E-state index in [1.54, 1.807) is 11.3 Å². The Labute approximate surface area is 97.1 Å². The molecule has 15 heavy (non-hydrogen) atoms. The first-order valence-electron chi connectivity index (χ1n) is 5.81. The van der Waals surface area contributed by atoms with Crippen LogP contribution in [0.4, 0.5) is 0 Å². The first kappa shape index (κ1) is 12.7. The molecule has 0 aliphatic rings. The Balaban J connectivity index is 2.38. The fourth-order valence-corrected chi connectivity index (χ4v) is 2.39. The number of hydrogen-bond acceptors (Lipinski definition) is 3. The lowest BCUT2D eigenvalue weighted by molar-refractivity contribution is 0.440. The quantitative estimate of drug-likeness (QED) is 0.800. The Hall–Kier alpha value is -0.410. The topological polar surface area (TPSA) is 24.9 Å².